The average molecular weight is 421 g/mol. The fraction of sp³-hybridized carbons (Fsp3) is 0.724. The fourth-order valence-electron chi connectivity index (χ4n) is 7.46. The van der Waals surface area contributed by atoms with Crippen LogP contribution in [0.2, 0.25) is 0 Å². The van der Waals surface area contributed by atoms with Crippen LogP contribution in [0.4, 0.5) is 5.69 Å². The zero-order valence-corrected chi connectivity index (χ0v) is 20.1. The van der Waals surface area contributed by atoms with Crippen molar-refractivity contribution in [2.24, 2.45) is 11.8 Å². The normalized spacial score (nSPS) is 27.4. The maximum Gasteiger partial charge on any atom is 0.109 e. The second-order valence-electron chi connectivity index (χ2n) is 11.0. The largest absolute Gasteiger partial charge is 0.349 e. The fourth-order valence-corrected chi connectivity index (χ4v) is 7.46. The number of rotatable bonds is 4. The van der Waals surface area contributed by atoms with Gasteiger partial charge in [-0.15, -0.1) is 0 Å². The molecule has 2 nitrogen and oxygen atoms in total. The molecule has 1 aromatic carbocycles. The predicted molar refractivity (Wildman–Crippen MR) is 132 cm³/mol. The van der Waals surface area contributed by atoms with Gasteiger partial charge in [0.05, 0.1) is 0 Å². The van der Waals surface area contributed by atoms with Crippen molar-refractivity contribution in [3.8, 4) is 0 Å². The summed E-state index contributed by atoms with van der Waals surface area (Å²) in [5.74, 6) is 1.60. The minimum absolute atomic E-state index is 0.557. The van der Waals surface area contributed by atoms with Crippen LogP contribution in [0, 0.1) is 18.8 Å². The Morgan fingerprint density at radius 2 is 1.26 bits per heavy atom. The molecular weight excluding hydrogens is 376 g/mol. The van der Waals surface area contributed by atoms with E-state index in [0.29, 0.717) is 6.17 Å². The van der Waals surface area contributed by atoms with E-state index in [1.54, 1.807) is 11.4 Å². The van der Waals surface area contributed by atoms with Crippen LogP contribution in [-0.2, 0) is 0 Å². The highest BCUT2D eigenvalue weighted by molar-refractivity contribution is 5.61. The van der Waals surface area contributed by atoms with Crippen LogP contribution >= 0.6 is 0 Å². The van der Waals surface area contributed by atoms with Gasteiger partial charge in [0.1, 0.15) is 6.17 Å². The number of aryl methyl sites for hydroxylation is 1. The molecule has 3 aliphatic carbocycles. The van der Waals surface area contributed by atoms with Crippen LogP contribution < -0.4 is 4.90 Å². The molecule has 5 rings (SSSR count). The van der Waals surface area contributed by atoms with Gasteiger partial charge in [-0.3, -0.25) is 0 Å². The molecule has 1 atom stereocenters. The highest BCUT2D eigenvalue weighted by atomic mass is 15.4. The van der Waals surface area contributed by atoms with Crippen LogP contribution in [0.3, 0.4) is 0 Å². The van der Waals surface area contributed by atoms with E-state index in [1.165, 1.54) is 108 Å². The molecule has 3 saturated carbocycles. The summed E-state index contributed by atoms with van der Waals surface area (Å²) in [7, 11) is 0. The van der Waals surface area contributed by atoms with E-state index in [9.17, 15) is 0 Å². The van der Waals surface area contributed by atoms with E-state index in [2.05, 4.69) is 47.9 Å². The minimum atomic E-state index is 0.557. The lowest BCUT2D eigenvalue weighted by atomic mass is 9.82. The number of allylic oxidation sites excluding steroid dienone is 2. The van der Waals surface area contributed by atoms with Crippen molar-refractivity contribution in [2.45, 2.75) is 122 Å². The van der Waals surface area contributed by atoms with Crippen LogP contribution in [0.5, 0.6) is 0 Å². The third-order valence-electron chi connectivity index (χ3n) is 8.97. The van der Waals surface area contributed by atoms with E-state index in [0.717, 1.165) is 17.9 Å². The maximum absolute atomic E-state index is 3.06. The first-order valence-corrected chi connectivity index (χ1v) is 13.6. The second kappa shape index (κ2) is 9.59. The molecule has 0 aromatic heterocycles. The van der Waals surface area contributed by atoms with Gasteiger partial charge >= 0.3 is 0 Å². The molecule has 1 heterocycles. The minimum Gasteiger partial charge on any atom is -0.349 e. The summed E-state index contributed by atoms with van der Waals surface area (Å²) in [6, 6.07) is 9.96. The van der Waals surface area contributed by atoms with E-state index >= 15 is 0 Å². The molecule has 2 heteroatoms. The van der Waals surface area contributed by atoms with Crippen LogP contribution in [0.15, 0.2) is 35.7 Å². The van der Waals surface area contributed by atoms with Gasteiger partial charge in [-0.25, -0.2) is 0 Å². The third-order valence-corrected chi connectivity index (χ3v) is 8.97. The Kier molecular flexibility index (Phi) is 6.62. The molecule has 0 spiro atoms. The molecule has 0 bridgehead atoms. The SMILES string of the molecule is CC1=C(C2CCCCC2)N(C2CCCCC2)C(C2CCCCC2)N1c1ccccc1C. The number of nitrogens with zero attached hydrogens (tertiary/aromatic N) is 2. The molecule has 1 unspecified atom stereocenters. The summed E-state index contributed by atoms with van der Waals surface area (Å²) >= 11 is 0. The average Bonchev–Trinajstić information content (AvgIpc) is 3.14. The Bertz CT molecular complexity index is 763. The first kappa shape index (κ1) is 21.4. The van der Waals surface area contributed by atoms with Gasteiger partial charge < -0.3 is 9.80 Å². The Hall–Kier alpha value is -1.44. The zero-order valence-electron chi connectivity index (χ0n) is 20.1. The van der Waals surface area contributed by atoms with Crippen molar-refractivity contribution in [1.29, 1.82) is 0 Å². The van der Waals surface area contributed by atoms with Gasteiger partial charge in [0.2, 0.25) is 0 Å². The topological polar surface area (TPSA) is 6.48 Å². The molecule has 0 amide bonds. The molecule has 31 heavy (non-hydrogen) atoms. The van der Waals surface area contributed by atoms with Gasteiger partial charge in [-0.05, 0) is 69.9 Å². The standard InChI is InChI=1S/C29H44N2/c1-22-14-12-13-21-27(22)30-23(2)28(24-15-6-3-7-16-24)31(26-19-10-5-11-20-26)29(30)25-17-8-4-9-18-25/h12-14,21,24-26,29H,3-11,15-20H2,1-2H3. The van der Waals surface area contributed by atoms with Crippen molar-refractivity contribution in [1.82, 2.24) is 4.90 Å². The number of hydrogen-bond acceptors (Lipinski definition) is 2. The first-order valence-electron chi connectivity index (χ1n) is 13.6. The lowest BCUT2D eigenvalue weighted by Crippen LogP contribution is -2.51. The van der Waals surface area contributed by atoms with Gasteiger partial charge in [0.15, 0.2) is 0 Å². The Morgan fingerprint density at radius 1 is 0.677 bits per heavy atom. The molecule has 3 fully saturated rings. The van der Waals surface area contributed by atoms with Crippen LogP contribution in [0.25, 0.3) is 0 Å². The van der Waals surface area contributed by atoms with E-state index in [1.807, 2.05) is 0 Å². The molecule has 1 aliphatic heterocycles. The lowest BCUT2D eigenvalue weighted by Gasteiger charge is -2.47. The highest BCUT2D eigenvalue weighted by Crippen LogP contribution is 2.49. The van der Waals surface area contributed by atoms with Crippen molar-refractivity contribution in [3.63, 3.8) is 0 Å². The summed E-state index contributed by atoms with van der Waals surface area (Å²) in [6.07, 6.45) is 22.0. The Morgan fingerprint density at radius 3 is 1.90 bits per heavy atom. The van der Waals surface area contributed by atoms with Crippen molar-refractivity contribution in [2.75, 3.05) is 4.90 Å². The second-order valence-corrected chi connectivity index (χ2v) is 11.0. The van der Waals surface area contributed by atoms with Crippen LogP contribution in [-0.4, -0.2) is 17.1 Å². The molecule has 170 valence electrons. The molecule has 0 saturated heterocycles. The van der Waals surface area contributed by atoms with E-state index in [4.69, 9.17) is 0 Å². The predicted octanol–water partition coefficient (Wildman–Crippen LogP) is 8.17. The van der Waals surface area contributed by atoms with Gasteiger partial charge in [0.25, 0.3) is 0 Å². The van der Waals surface area contributed by atoms with Crippen molar-refractivity contribution in [3.05, 3.63) is 41.2 Å². The third kappa shape index (κ3) is 4.16. The highest BCUT2D eigenvalue weighted by Gasteiger charge is 2.46. The van der Waals surface area contributed by atoms with E-state index < -0.39 is 0 Å². The summed E-state index contributed by atoms with van der Waals surface area (Å²) in [6.45, 7) is 4.80. The Balaban J connectivity index is 1.60. The molecule has 1 aromatic rings. The quantitative estimate of drug-likeness (QED) is 0.484. The summed E-state index contributed by atoms with van der Waals surface area (Å²) in [5, 5.41) is 0. The maximum atomic E-state index is 3.06. The zero-order chi connectivity index (χ0) is 21.2. The van der Waals surface area contributed by atoms with Gasteiger partial charge in [-0.1, -0.05) is 76.0 Å². The smallest absolute Gasteiger partial charge is 0.109 e. The summed E-state index contributed by atoms with van der Waals surface area (Å²) in [5.41, 5.74) is 6.28. The van der Waals surface area contributed by atoms with Gasteiger partial charge in [-0.2, -0.15) is 0 Å². The Labute approximate surface area is 191 Å². The van der Waals surface area contributed by atoms with Crippen LogP contribution in [0.1, 0.15) is 109 Å². The molecule has 4 aliphatic rings. The van der Waals surface area contributed by atoms with E-state index in [-0.39, 0.29) is 0 Å². The summed E-state index contributed by atoms with van der Waals surface area (Å²) in [4.78, 5) is 5.90. The first-order chi connectivity index (χ1) is 15.3. The summed E-state index contributed by atoms with van der Waals surface area (Å²) < 4.78 is 0. The number of anilines is 1. The van der Waals surface area contributed by atoms with Crippen molar-refractivity contribution < 1.29 is 0 Å². The molecule has 0 radical (unpaired) electrons. The monoisotopic (exact) mass is 420 g/mol. The number of hydrogen-bond donors (Lipinski definition) is 0. The number of benzene rings is 1. The lowest BCUT2D eigenvalue weighted by molar-refractivity contribution is 0.0909. The van der Waals surface area contributed by atoms with Gasteiger partial charge in [0, 0.05) is 29.0 Å². The molecular formula is C29H44N2. The van der Waals surface area contributed by atoms with Crippen molar-refractivity contribution >= 4 is 5.69 Å². The number of para-hydroxylation sites is 1. The molecule has 0 N–H and O–H groups in total.